The first-order valence-corrected chi connectivity index (χ1v) is 21.7. The highest BCUT2D eigenvalue weighted by Gasteiger charge is 2.80. The highest BCUT2D eigenvalue weighted by Crippen LogP contribution is 2.68. The lowest BCUT2D eigenvalue weighted by molar-refractivity contribution is -0.228. The molecular weight excluding hydrogens is 803 g/mol. The number of aromatic nitrogens is 1. The molecule has 334 valence electrons. The van der Waals surface area contributed by atoms with Gasteiger partial charge < -0.3 is 43.6 Å². The molecule has 0 amide bonds. The SMILES string of the molecule is CC[C@@]12C=CCN3CCC4(c5cc([C@@]6(C(=O)OC)CC7CC(C(C)(F)F)CN(CCc8c6[nH]c6ccc(OC)cc86)C7)c(OC)cc5N(C)C4[C@](O)(C(=O)OC)[C@H]1OC(C)=O)C32. The lowest BCUT2D eigenvalue weighted by Crippen LogP contribution is -2.81. The lowest BCUT2D eigenvalue weighted by Gasteiger charge is -2.63. The molecule has 1 saturated carbocycles. The number of alkyl halides is 2. The zero-order valence-electron chi connectivity index (χ0n) is 36.8. The number of aromatic amines is 1. The summed E-state index contributed by atoms with van der Waals surface area (Å²) in [5.74, 6) is -5.41. The largest absolute Gasteiger partial charge is 0.497 e. The van der Waals surface area contributed by atoms with E-state index in [4.69, 9.17) is 23.7 Å². The fourth-order valence-electron chi connectivity index (χ4n) is 13.6. The van der Waals surface area contributed by atoms with Crippen LogP contribution in [0.5, 0.6) is 11.5 Å². The second kappa shape index (κ2) is 14.7. The number of carbonyl (C=O) groups is 3. The second-order valence-corrected chi connectivity index (χ2v) is 18.7. The maximum absolute atomic E-state index is 15.4. The van der Waals surface area contributed by atoms with Crippen molar-refractivity contribution in [3.8, 4) is 11.5 Å². The van der Waals surface area contributed by atoms with Gasteiger partial charge >= 0.3 is 17.9 Å². The molecule has 3 fully saturated rings. The van der Waals surface area contributed by atoms with Crippen LogP contribution in [0.1, 0.15) is 68.8 Å². The van der Waals surface area contributed by atoms with Crippen LogP contribution < -0.4 is 14.4 Å². The Balaban J connectivity index is 1.36. The fourth-order valence-corrected chi connectivity index (χ4v) is 13.6. The predicted molar refractivity (Wildman–Crippen MR) is 226 cm³/mol. The van der Waals surface area contributed by atoms with E-state index in [1.807, 2.05) is 61.4 Å². The number of benzene rings is 2. The van der Waals surface area contributed by atoms with Crippen molar-refractivity contribution in [2.24, 2.45) is 17.3 Å². The first kappa shape index (κ1) is 42.6. The Kier molecular flexibility index (Phi) is 10.1. The molecule has 3 aromatic rings. The van der Waals surface area contributed by atoms with Crippen molar-refractivity contribution >= 4 is 34.5 Å². The Morgan fingerprint density at radius 3 is 2.40 bits per heavy atom. The molecule has 13 nitrogen and oxygen atoms in total. The van der Waals surface area contributed by atoms with Gasteiger partial charge in [-0.25, -0.2) is 13.6 Å². The molecule has 6 aliphatic rings. The Labute approximate surface area is 360 Å². The summed E-state index contributed by atoms with van der Waals surface area (Å²) in [7, 11) is 7.52. The summed E-state index contributed by atoms with van der Waals surface area (Å²) in [4.78, 5) is 52.8. The summed E-state index contributed by atoms with van der Waals surface area (Å²) >= 11 is 0. The first-order valence-electron chi connectivity index (χ1n) is 21.7. The maximum atomic E-state index is 15.4. The third-order valence-electron chi connectivity index (χ3n) is 15.9. The number of H-pyrrole nitrogens is 1. The molecule has 15 heteroatoms. The van der Waals surface area contributed by atoms with Crippen LogP contribution in [-0.4, -0.2) is 136 Å². The van der Waals surface area contributed by atoms with E-state index in [1.54, 1.807) is 7.11 Å². The summed E-state index contributed by atoms with van der Waals surface area (Å²) in [5, 5.41) is 14.2. The number of rotatable bonds is 8. The summed E-state index contributed by atoms with van der Waals surface area (Å²) in [6.45, 7) is 6.67. The number of methoxy groups -OCH3 is 4. The fraction of sp³-hybridized carbons (Fsp3) is 0.596. The van der Waals surface area contributed by atoms with E-state index in [1.165, 1.54) is 28.3 Å². The first-order chi connectivity index (χ1) is 29.5. The topological polar surface area (TPSA) is 143 Å². The van der Waals surface area contributed by atoms with E-state index < -0.39 is 63.7 Å². The third kappa shape index (κ3) is 5.61. The molecule has 2 bridgehead atoms. The van der Waals surface area contributed by atoms with Gasteiger partial charge in [-0.2, -0.15) is 0 Å². The Morgan fingerprint density at radius 2 is 1.74 bits per heavy atom. The number of nitrogens with one attached hydrogen (secondary N) is 1. The van der Waals surface area contributed by atoms with Gasteiger partial charge in [0.2, 0.25) is 11.5 Å². The van der Waals surface area contributed by atoms with Crippen LogP contribution in [0, 0.1) is 17.3 Å². The molecular formula is C47H58F2N4O9. The van der Waals surface area contributed by atoms with Gasteiger partial charge in [0.1, 0.15) is 16.9 Å². The van der Waals surface area contributed by atoms with Crippen LogP contribution in [0.25, 0.3) is 10.9 Å². The summed E-state index contributed by atoms with van der Waals surface area (Å²) in [6, 6.07) is 8.22. The number of hydrogen-bond donors (Lipinski definition) is 2. The van der Waals surface area contributed by atoms with Gasteiger partial charge in [0, 0.05) is 96.9 Å². The zero-order valence-corrected chi connectivity index (χ0v) is 36.8. The monoisotopic (exact) mass is 860 g/mol. The number of esters is 3. The lowest BCUT2D eigenvalue weighted by atomic mass is 9.47. The quantitative estimate of drug-likeness (QED) is 0.176. The van der Waals surface area contributed by atoms with Crippen LogP contribution in [0.15, 0.2) is 42.5 Å². The highest BCUT2D eigenvalue weighted by molar-refractivity contribution is 5.95. The highest BCUT2D eigenvalue weighted by atomic mass is 19.3. The molecule has 9 rings (SSSR count). The number of nitrogens with zero attached hydrogens (tertiary/aromatic N) is 3. The number of likely N-dealkylation sites (N-methyl/N-ethyl adjacent to an activating group) is 1. The number of aliphatic hydroxyl groups is 1. The van der Waals surface area contributed by atoms with Crippen LogP contribution >= 0.6 is 0 Å². The predicted octanol–water partition coefficient (Wildman–Crippen LogP) is 5.13. The number of hydrogen-bond acceptors (Lipinski definition) is 12. The van der Waals surface area contributed by atoms with Crippen molar-refractivity contribution in [1.29, 1.82) is 0 Å². The maximum Gasteiger partial charge on any atom is 0.344 e. The van der Waals surface area contributed by atoms with Crippen LogP contribution in [0.2, 0.25) is 0 Å². The van der Waals surface area contributed by atoms with Gasteiger partial charge in [-0.1, -0.05) is 19.1 Å². The van der Waals surface area contributed by atoms with Gasteiger partial charge in [0.05, 0.1) is 34.5 Å². The Hall–Kier alpha value is -4.73. The van der Waals surface area contributed by atoms with E-state index in [2.05, 4.69) is 14.8 Å². The van der Waals surface area contributed by atoms with Crippen molar-refractivity contribution in [3.05, 3.63) is 64.9 Å². The summed E-state index contributed by atoms with van der Waals surface area (Å²) in [5.41, 5.74) is -1.84. The minimum atomic E-state index is -2.95. The van der Waals surface area contributed by atoms with Gasteiger partial charge in [-0.15, -0.1) is 0 Å². The molecule has 2 saturated heterocycles. The number of fused-ring (bicyclic) bond motifs is 6. The molecule has 5 aliphatic heterocycles. The molecule has 6 unspecified atom stereocenters. The number of ether oxygens (including phenoxy) is 5. The van der Waals surface area contributed by atoms with Crippen LogP contribution in [0.3, 0.4) is 0 Å². The number of carbonyl (C=O) groups excluding carboxylic acids is 3. The third-order valence-corrected chi connectivity index (χ3v) is 15.9. The Morgan fingerprint density at radius 1 is 0.984 bits per heavy atom. The van der Waals surface area contributed by atoms with E-state index in [0.29, 0.717) is 73.9 Å². The van der Waals surface area contributed by atoms with Crippen molar-refractivity contribution < 1.29 is 52.0 Å². The van der Waals surface area contributed by atoms with Crippen LogP contribution in [0.4, 0.5) is 14.5 Å². The van der Waals surface area contributed by atoms with Gasteiger partial charge in [0.25, 0.3) is 0 Å². The molecule has 1 aromatic heterocycles. The molecule has 2 N–H and O–H groups in total. The molecule has 0 radical (unpaired) electrons. The Bertz CT molecular complexity index is 2360. The molecule has 62 heavy (non-hydrogen) atoms. The zero-order chi connectivity index (χ0) is 44.3. The molecule has 6 heterocycles. The van der Waals surface area contributed by atoms with Gasteiger partial charge in [-0.3, -0.25) is 14.5 Å². The minimum absolute atomic E-state index is 0.124. The molecule has 2 aromatic carbocycles. The normalized spacial score (nSPS) is 34.8. The molecule has 1 spiro atoms. The van der Waals surface area contributed by atoms with Gasteiger partial charge in [0.15, 0.2) is 6.10 Å². The van der Waals surface area contributed by atoms with Crippen LogP contribution in [-0.2, 0) is 45.8 Å². The van der Waals surface area contributed by atoms with E-state index >= 15 is 13.6 Å². The van der Waals surface area contributed by atoms with Gasteiger partial charge in [-0.05, 0) is 86.9 Å². The van der Waals surface area contributed by atoms with Crippen molar-refractivity contribution in [2.45, 2.75) is 93.4 Å². The average molecular weight is 861 g/mol. The van der Waals surface area contributed by atoms with Crippen molar-refractivity contribution in [1.82, 2.24) is 14.8 Å². The summed E-state index contributed by atoms with van der Waals surface area (Å²) in [6.07, 6.45) is 4.39. The number of piperidine rings is 1. The van der Waals surface area contributed by atoms with E-state index in [0.717, 1.165) is 29.0 Å². The smallest absolute Gasteiger partial charge is 0.344 e. The summed E-state index contributed by atoms with van der Waals surface area (Å²) < 4.78 is 60.3. The van der Waals surface area contributed by atoms with E-state index in [9.17, 15) is 14.7 Å². The minimum Gasteiger partial charge on any atom is -0.497 e. The average Bonchev–Trinajstić information content (AvgIpc) is 3.91. The molecule has 10 atom stereocenters. The second-order valence-electron chi connectivity index (χ2n) is 18.7. The van der Waals surface area contributed by atoms with Crippen molar-refractivity contribution in [3.63, 3.8) is 0 Å². The standard InChI is InChI=1S/C47H58F2N4O9/c1-9-44-14-10-16-53-18-15-45(38(44)53)32-21-33(36(59-6)22-35(32)51(4)39(45)47(57,42(56)61-8)40(44)62-26(2)54)46(41(55)60-7)23-27-19-28(43(3,48)49)25-52(24-27)17-13-30-31-20-29(58-5)11-12-34(31)50-37(30)46/h10-12,14,20-22,27-28,38-40,50,57H,9,13,15-19,23-25H2,1-8H3/t27?,28?,38?,39?,40-,44-,45?,46-,47+/m0/s1. The number of halogens is 2. The molecule has 1 aliphatic carbocycles. The van der Waals surface area contributed by atoms with E-state index in [-0.39, 0.29) is 31.3 Å². The van der Waals surface area contributed by atoms with Crippen molar-refractivity contribution in [2.75, 3.05) is 73.1 Å². The number of anilines is 1.